The van der Waals surface area contributed by atoms with Gasteiger partial charge >= 0.3 is 0 Å². The van der Waals surface area contributed by atoms with Gasteiger partial charge in [-0.1, -0.05) is 18.2 Å². The first-order chi connectivity index (χ1) is 13.1. The lowest BCUT2D eigenvalue weighted by Crippen LogP contribution is -2.31. The first kappa shape index (κ1) is 18.7. The SMILES string of the molecule is COc1ccccc1C(CNc1ccc(C#N)cc1[N+](=O)[O-])N1CCCC1. The number of nitrogens with zero attached hydrogens (tertiary/aromatic N) is 3. The summed E-state index contributed by atoms with van der Waals surface area (Å²) in [4.78, 5) is 13.3. The van der Waals surface area contributed by atoms with Crippen molar-refractivity contribution in [1.82, 2.24) is 4.90 Å². The van der Waals surface area contributed by atoms with Gasteiger partial charge in [0.15, 0.2) is 0 Å². The number of rotatable bonds is 7. The molecular formula is C20H22N4O3. The van der Waals surface area contributed by atoms with Crippen LogP contribution in [0.15, 0.2) is 42.5 Å². The molecule has 7 heteroatoms. The quantitative estimate of drug-likeness (QED) is 0.593. The number of anilines is 1. The van der Waals surface area contributed by atoms with E-state index < -0.39 is 4.92 Å². The third-order valence-electron chi connectivity index (χ3n) is 4.89. The molecule has 0 radical (unpaired) electrons. The number of nitrogens with one attached hydrogen (secondary N) is 1. The molecular weight excluding hydrogens is 344 g/mol. The average molecular weight is 366 g/mol. The van der Waals surface area contributed by atoms with Crippen molar-refractivity contribution in [2.45, 2.75) is 18.9 Å². The van der Waals surface area contributed by atoms with Crippen molar-refractivity contribution in [1.29, 1.82) is 5.26 Å². The van der Waals surface area contributed by atoms with E-state index in [1.807, 2.05) is 30.3 Å². The number of methoxy groups -OCH3 is 1. The lowest BCUT2D eigenvalue weighted by Gasteiger charge is -2.29. The van der Waals surface area contributed by atoms with Crippen molar-refractivity contribution < 1.29 is 9.66 Å². The van der Waals surface area contributed by atoms with E-state index in [4.69, 9.17) is 10.00 Å². The Hall–Kier alpha value is -3.11. The van der Waals surface area contributed by atoms with Gasteiger partial charge in [-0.3, -0.25) is 15.0 Å². The highest BCUT2D eigenvalue weighted by atomic mass is 16.6. The standard InChI is InChI=1S/C20H22N4O3/c1-27-20-7-3-2-6-16(20)19(23-10-4-5-11-23)14-22-17-9-8-15(13-21)12-18(17)24(25)26/h2-3,6-9,12,19,22H,4-5,10-11,14H2,1H3. The highest BCUT2D eigenvalue weighted by molar-refractivity contribution is 5.64. The number of hydrogen-bond acceptors (Lipinski definition) is 6. The predicted octanol–water partition coefficient (Wildman–Crippen LogP) is 3.72. The molecule has 1 heterocycles. The van der Waals surface area contributed by atoms with E-state index in [-0.39, 0.29) is 17.3 Å². The van der Waals surface area contributed by atoms with E-state index in [1.54, 1.807) is 19.2 Å². The lowest BCUT2D eigenvalue weighted by molar-refractivity contribution is -0.384. The van der Waals surface area contributed by atoms with Crippen LogP contribution in [0.2, 0.25) is 0 Å². The zero-order valence-electron chi connectivity index (χ0n) is 15.2. The highest BCUT2D eigenvalue weighted by Gasteiger charge is 2.26. The van der Waals surface area contributed by atoms with E-state index in [9.17, 15) is 10.1 Å². The Morgan fingerprint density at radius 1 is 1.30 bits per heavy atom. The van der Waals surface area contributed by atoms with Crippen molar-refractivity contribution >= 4 is 11.4 Å². The summed E-state index contributed by atoms with van der Waals surface area (Å²) in [6.45, 7) is 2.48. The summed E-state index contributed by atoms with van der Waals surface area (Å²) in [5, 5.41) is 23.6. The first-order valence-electron chi connectivity index (χ1n) is 8.93. The third-order valence-corrected chi connectivity index (χ3v) is 4.89. The maximum Gasteiger partial charge on any atom is 0.293 e. The molecule has 27 heavy (non-hydrogen) atoms. The van der Waals surface area contributed by atoms with Crippen LogP contribution in [0.3, 0.4) is 0 Å². The molecule has 0 spiro atoms. The fourth-order valence-electron chi connectivity index (χ4n) is 3.54. The van der Waals surface area contributed by atoms with Crippen LogP contribution in [0.25, 0.3) is 0 Å². The summed E-state index contributed by atoms with van der Waals surface area (Å²) < 4.78 is 5.53. The zero-order chi connectivity index (χ0) is 19.2. The maximum absolute atomic E-state index is 11.4. The van der Waals surface area contributed by atoms with Gasteiger partial charge in [-0.2, -0.15) is 5.26 Å². The molecule has 0 aliphatic carbocycles. The second-order valence-corrected chi connectivity index (χ2v) is 6.48. The second kappa shape index (κ2) is 8.52. The fraction of sp³-hybridized carbons (Fsp3) is 0.350. The summed E-state index contributed by atoms with van der Waals surface area (Å²) in [6, 6.07) is 14.4. The van der Waals surface area contributed by atoms with Gasteiger partial charge in [0.25, 0.3) is 5.69 Å². The molecule has 1 aliphatic rings. The number of nitriles is 1. The maximum atomic E-state index is 11.4. The molecule has 0 aromatic heterocycles. The van der Waals surface area contributed by atoms with Crippen molar-refractivity contribution in [3.8, 4) is 11.8 Å². The van der Waals surface area contributed by atoms with Gasteiger partial charge in [-0.05, 0) is 44.1 Å². The molecule has 1 N–H and O–H groups in total. The minimum atomic E-state index is -0.461. The van der Waals surface area contributed by atoms with Crippen LogP contribution in [-0.2, 0) is 0 Å². The number of hydrogen-bond donors (Lipinski definition) is 1. The molecule has 0 bridgehead atoms. The summed E-state index contributed by atoms with van der Waals surface area (Å²) >= 11 is 0. The van der Waals surface area contributed by atoms with Crippen molar-refractivity contribution in [2.24, 2.45) is 0 Å². The molecule has 3 rings (SSSR count). The zero-order valence-corrected chi connectivity index (χ0v) is 15.2. The molecule has 1 saturated heterocycles. The molecule has 1 unspecified atom stereocenters. The van der Waals surface area contributed by atoms with E-state index in [0.717, 1.165) is 37.2 Å². The van der Waals surface area contributed by atoms with Crippen molar-refractivity contribution in [3.63, 3.8) is 0 Å². The number of likely N-dealkylation sites (tertiary alicyclic amines) is 1. The summed E-state index contributed by atoms with van der Waals surface area (Å²) in [6.07, 6.45) is 2.28. The highest BCUT2D eigenvalue weighted by Crippen LogP contribution is 2.33. The predicted molar refractivity (Wildman–Crippen MR) is 103 cm³/mol. The second-order valence-electron chi connectivity index (χ2n) is 6.48. The van der Waals surface area contributed by atoms with Gasteiger partial charge in [0.05, 0.1) is 29.7 Å². The minimum absolute atomic E-state index is 0.0406. The van der Waals surface area contributed by atoms with Crippen LogP contribution >= 0.6 is 0 Å². The molecule has 0 saturated carbocycles. The molecule has 2 aromatic carbocycles. The Morgan fingerprint density at radius 2 is 2.04 bits per heavy atom. The van der Waals surface area contributed by atoms with Crippen LogP contribution < -0.4 is 10.1 Å². The van der Waals surface area contributed by atoms with Gasteiger partial charge in [0.1, 0.15) is 11.4 Å². The number of para-hydroxylation sites is 1. The number of ether oxygens (including phenoxy) is 1. The Morgan fingerprint density at radius 3 is 2.70 bits per heavy atom. The summed E-state index contributed by atoms with van der Waals surface area (Å²) in [5.74, 6) is 0.811. The average Bonchev–Trinajstić information content (AvgIpc) is 3.23. The van der Waals surface area contributed by atoms with Crippen LogP contribution in [0.4, 0.5) is 11.4 Å². The molecule has 140 valence electrons. The monoisotopic (exact) mass is 366 g/mol. The summed E-state index contributed by atoms with van der Waals surface area (Å²) in [5.41, 5.74) is 1.66. The molecule has 1 atom stereocenters. The summed E-state index contributed by atoms with van der Waals surface area (Å²) in [7, 11) is 1.65. The molecule has 0 amide bonds. The van der Waals surface area contributed by atoms with E-state index >= 15 is 0 Å². The lowest BCUT2D eigenvalue weighted by atomic mass is 10.0. The third kappa shape index (κ3) is 4.18. The largest absolute Gasteiger partial charge is 0.496 e. The number of benzene rings is 2. The minimum Gasteiger partial charge on any atom is -0.496 e. The topological polar surface area (TPSA) is 91.4 Å². The Kier molecular flexibility index (Phi) is 5.89. The van der Waals surface area contributed by atoms with Crippen LogP contribution in [-0.4, -0.2) is 36.6 Å². The fourth-order valence-corrected chi connectivity index (χ4v) is 3.54. The van der Waals surface area contributed by atoms with E-state index in [2.05, 4.69) is 10.2 Å². The van der Waals surface area contributed by atoms with E-state index in [1.165, 1.54) is 6.07 Å². The normalized spacial score (nSPS) is 15.1. The van der Waals surface area contributed by atoms with Crippen LogP contribution in [0.5, 0.6) is 5.75 Å². The van der Waals surface area contributed by atoms with Gasteiger partial charge in [-0.15, -0.1) is 0 Å². The van der Waals surface area contributed by atoms with Crippen molar-refractivity contribution in [3.05, 3.63) is 63.7 Å². The number of nitro groups is 1. The van der Waals surface area contributed by atoms with Crippen LogP contribution in [0, 0.1) is 21.4 Å². The Bertz CT molecular complexity index is 857. The molecule has 1 fully saturated rings. The van der Waals surface area contributed by atoms with Gasteiger partial charge in [0, 0.05) is 18.2 Å². The van der Waals surface area contributed by atoms with Crippen molar-refractivity contribution in [2.75, 3.05) is 32.1 Å². The molecule has 2 aromatic rings. The van der Waals surface area contributed by atoms with E-state index in [0.29, 0.717) is 12.2 Å². The van der Waals surface area contributed by atoms with Gasteiger partial charge in [-0.25, -0.2) is 0 Å². The smallest absolute Gasteiger partial charge is 0.293 e. The Balaban J connectivity index is 1.88. The Labute approximate surface area is 158 Å². The number of nitro benzene ring substituents is 1. The van der Waals surface area contributed by atoms with Gasteiger partial charge < -0.3 is 10.1 Å². The van der Waals surface area contributed by atoms with Crippen LogP contribution in [0.1, 0.15) is 30.0 Å². The molecule has 7 nitrogen and oxygen atoms in total. The first-order valence-corrected chi connectivity index (χ1v) is 8.93. The molecule has 1 aliphatic heterocycles. The van der Waals surface area contributed by atoms with Gasteiger partial charge in [0.2, 0.25) is 0 Å².